The fourth-order valence-electron chi connectivity index (χ4n) is 3.30. The molecule has 0 aliphatic carbocycles. The molecule has 2 rings (SSSR count). The van der Waals surface area contributed by atoms with Crippen molar-refractivity contribution in [3.63, 3.8) is 0 Å². The summed E-state index contributed by atoms with van der Waals surface area (Å²) in [5, 5.41) is 2.96. The number of rotatable bonds is 6. The van der Waals surface area contributed by atoms with Gasteiger partial charge in [-0.1, -0.05) is 31.5 Å². The number of nitrogens with zero attached hydrogens (tertiary/aromatic N) is 1. The van der Waals surface area contributed by atoms with Crippen LogP contribution in [0.1, 0.15) is 42.6 Å². The molecular weight excluding hydrogens is 346 g/mol. The molecule has 2 atom stereocenters. The van der Waals surface area contributed by atoms with Crippen molar-refractivity contribution in [2.24, 2.45) is 11.1 Å². The molecule has 2 amide bonds. The van der Waals surface area contributed by atoms with Crippen LogP contribution in [0.3, 0.4) is 0 Å². The number of thioether (sulfide) groups is 1. The molecule has 1 aliphatic heterocycles. The summed E-state index contributed by atoms with van der Waals surface area (Å²) in [4.78, 5) is 27.6. The van der Waals surface area contributed by atoms with Crippen LogP contribution in [0, 0.1) is 12.3 Å². The number of hydrogen-bond acceptors (Lipinski definition) is 4. The molecule has 5 nitrogen and oxygen atoms in total. The van der Waals surface area contributed by atoms with Crippen molar-refractivity contribution in [3.05, 3.63) is 35.4 Å². The molecule has 0 radical (unpaired) electrons. The molecular formula is C20H31N3O2S. The van der Waals surface area contributed by atoms with Crippen molar-refractivity contribution in [2.75, 3.05) is 25.1 Å². The second kappa shape index (κ2) is 8.91. The molecule has 1 saturated heterocycles. The second-order valence-electron chi connectivity index (χ2n) is 7.82. The maximum absolute atomic E-state index is 13.1. The molecule has 1 fully saturated rings. The normalized spacial score (nSPS) is 20.5. The number of benzene rings is 1. The molecule has 1 aliphatic rings. The first-order chi connectivity index (χ1) is 12.2. The Kier molecular flexibility index (Phi) is 7.12. The quantitative estimate of drug-likeness (QED) is 0.798. The van der Waals surface area contributed by atoms with Gasteiger partial charge in [-0.05, 0) is 49.3 Å². The van der Waals surface area contributed by atoms with Crippen LogP contribution in [0.5, 0.6) is 0 Å². The minimum absolute atomic E-state index is 0.0000260. The summed E-state index contributed by atoms with van der Waals surface area (Å²) in [5.74, 6) is 0.627. The van der Waals surface area contributed by atoms with Crippen molar-refractivity contribution in [2.45, 2.75) is 45.7 Å². The fraction of sp³-hybridized carbons (Fsp3) is 0.600. The largest absolute Gasteiger partial charge is 0.340 e. The Bertz CT molecular complexity index is 648. The number of nitrogens with one attached hydrogen (secondary N) is 1. The Hall–Kier alpha value is -1.53. The smallest absolute Gasteiger partial charge is 0.251 e. The van der Waals surface area contributed by atoms with E-state index in [-0.39, 0.29) is 23.3 Å². The zero-order chi connectivity index (χ0) is 19.3. The fourth-order valence-corrected chi connectivity index (χ4v) is 3.77. The number of amides is 2. The van der Waals surface area contributed by atoms with Crippen molar-refractivity contribution in [1.82, 2.24) is 10.2 Å². The molecule has 0 aromatic heterocycles. The maximum Gasteiger partial charge on any atom is 0.251 e. The minimum Gasteiger partial charge on any atom is -0.340 e. The van der Waals surface area contributed by atoms with Crippen molar-refractivity contribution < 1.29 is 9.59 Å². The molecule has 0 bridgehead atoms. The highest BCUT2D eigenvalue weighted by Crippen LogP contribution is 2.28. The molecule has 26 heavy (non-hydrogen) atoms. The summed E-state index contributed by atoms with van der Waals surface area (Å²) in [6.45, 7) is 7.42. The molecule has 3 N–H and O–H groups in total. The molecule has 0 saturated carbocycles. The standard InChI is InChI=1S/C20H31N3O2S/c1-14-6-5-7-15(12-14)18(24)22-16(9-11-26-4)19(25)23-10-8-17(21)20(2,3)13-23/h5-7,12,16-17H,8-11,13,21H2,1-4H3,(H,22,24). The lowest BCUT2D eigenvalue weighted by atomic mass is 9.79. The Labute approximate surface area is 161 Å². The third-order valence-electron chi connectivity index (χ3n) is 5.12. The Morgan fingerprint density at radius 1 is 1.42 bits per heavy atom. The highest BCUT2D eigenvalue weighted by atomic mass is 32.2. The average Bonchev–Trinajstić information content (AvgIpc) is 2.60. The summed E-state index contributed by atoms with van der Waals surface area (Å²) < 4.78 is 0. The Morgan fingerprint density at radius 3 is 2.77 bits per heavy atom. The zero-order valence-corrected chi connectivity index (χ0v) is 17.1. The number of piperidine rings is 1. The van der Waals surface area contributed by atoms with Gasteiger partial charge in [0.15, 0.2) is 0 Å². The first-order valence-corrected chi connectivity index (χ1v) is 10.5. The van der Waals surface area contributed by atoms with E-state index in [1.807, 2.05) is 36.3 Å². The predicted octanol–water partition coefficient (Wildman–Crippen LogP) is 2.43. The first-order valence-electron chi connectivity index (χ1n) is 9.15. The van der Waals surface area contributed by atoms with Gasteiger partial charge in [-0.3, -0.25) is 9.59 Å². The van der Waals surface area contributed by atoms with Crippen LogP contribution in [0.4, 0.5) is 0 Å². The average molecular weight is 378 g/mol. The monoisotopic (exact) mass is 377 g/mol. The van der Waals surface area contributed by atoms with Crippen LogP contribution < -0.4 is 11.1 Å². The van der Waals surface area contributed by atoms with E-state index in [1.165, 1.54) is 0 Å². The van der Waals surface area contributed by atoms with Gasteiger partial charge in [0.05, 0.1) is 0 Å². The SMILES string of the molecule is CSCCC(NC(=O)c1cccc(C)c1)C(=O)N1CCC(N)C(C)(C)C1. The van der Waals surface area contributed by atoms with Crippen LogP contribution in [-0.2, 0) is 4.79 Å². The van der Waals surface area contributed by atoms with Gasteiger partial charge in [0.1, 0.15) is 6.04 Å². The minimum atomic E-state index is -0.499. The number of likely N-dealkylation sites (tertiary alicyclic amines) is 1. The van der Waals surface area contributed by atoms with Gasteiger partial charge in [-0.2, -0.15) is 11.8 Å². The number of nitrogens with two attached hydrogens (primary N) is 1. The van der Waals surface area contributed by atoms with Crippen LogP contribution in [0.25, 0.3) is 0 Å². The molecule has 1 heterocycles. The van der Waals surface area contributed by atoms with E-state index in [2.05, 4.69) is 19.2 Å². The molecule has 1 aromatic rings. The maximum atomic E-state index is 13.1. The van der Waals surface area contributed by atoms with Gasteiger partial charge in [0, 0.05) is 24.7 Å². The van der Waals surface area contributed by atoms with Crippen LogP contribution in [0.2, 0.25) is 0 Å². The lowest BCUT2D eigenvalue weighted by Gasteiger charge is -2.43. The molecule has 144 valence electrons. The van der Waals surface area contributed by atoms with Gasteiger partial charge in [0.25, 0.3) is 5.91 Å². The topological polar surface area (TPSA) is 75.4 Å². The van der Waals surface area contributed by atoms with Crippen LogP contribution in [-0.4, -0.2) is 53.9 Å². The predicted molar refractivity (Wildman–Crippen MR) is 108 cm³/mol. The van der Waals surface area contributed by atoms with Crippen LogP contribution >= 0.6 is 11.8 Å². The van der Waals surface area contributed by atoms with Crippen LogP contribution in [0.15, 0.2) is 24.3 Å². The Balaban J connectivity index is 2.10. The van der Waals surface area contributed by atoms with Crippen molar-refractivity contribution >= 4 is 23.6 Å². The summed E-state index contributed by atoms with van der Waals surface area (Å²) in [5.41, 5.74) is 7.69. The van der Waals surface area contributed by atoms with E-state index >= 15 is 0 Å². The third-order valence-corrected chi connectivity index (χ3v) is 5.76. The molecule has 0 spiro atoms. The lowest BCUT2D eigenvalue weighted by molar-refractivity contribution is -0.136. The lowest BCUT2D eigenvalue weighted by Crippen LogP contribution is -2.58. The Morgan fingerprint density at radius 2 is 2.15 bits per heavy atom. The highest BCUT2D eigenvalue weighted by molar-refractivity contribution is 7.98. The number of carbonyl (C=O) groups excluding carboxylic acids is 2. The van der Waals surface area contributed by atoms with Gasteiger partial charge in [-0.15, -0.1) is 0 Å². The second-order valence-corrected chi connectivity index (χ2v) is 8.81. The van der Waals surface area contributed by atoms with Crippen molar-refractivity contribution in [3.8, 4) is 0 Å². The van der Waals surface area contributed by atoms with Crippen molar-refractivity contribution in [1.29, 1.82) is 0 Å². The number of aryl methyl sites for hydroxylation is 1. The third kappa shape index (κ3) is 5.24. The van der Waals surface area contributed by atoms with Gasteiger partial charge in [-0.25, -0.2) is 0 Å². The van der Waals surface area contributed by atoms with E-state index in [0.717, 1.165) is 17.7 Å². The molecule has 2 unspecified atom stereocenters. The van der Waals surface area contributed by atoms with E-state index in [1.54, 1.807) is 17.8 Å². The summed E-state index contributed by atoms with van der Waals surface area (Å²) >= 11 is 1.68. The molecule has 6 heteroatoms. The van der Waals surface area contributed by atoms with E-state index in [4.69, 9.17) is 5.73 Å². The van der Waals surface area contributed by atoms with E-state index in [9.17, 15) is 9.59 Å². The van der Waals surface area contributed by atoms with E-state index < -0.39 is 6.04 Å². The van der Waals surface area contributed by atoms with Gasteiger partial charge < -0.3 is 16.0 Å². The van der Waals surface area contributed by atoms with E-state index in [0.29, 0.717) is 25.1 Å². The molecule has 1 aromatic carbocycles. The zero-order valence-electron chi connectivity index (χ0n) is 16.2. The summed E-state index contributed by atoms with van der Waals surface area (Å²) in [6, 6.07) is 7.03. The number of carbonyl (C=O) groups is 2. The highest BCUT2D eigenvalue weighted by Gasteiger charge is 2.37. The number of hydrogen-bond donors (Lipinski definition) is 2. The summed E-state index contributed by atoms with van der Waals surface area (Å²) in [7, 11) is 0. The van der Waals surface area contributed by atoms with Gasteiger partial charge in [0.2, 0.25) is 5.91 Å². The van der Waals surface area contributed by atoms with Gasteiger partial charge >= 0.3 is 0 Å². The first kappa shape index (κ1) is 20.8. The summed E-state index contributed by atoms with van der Waals surface area (Å²) in [6.07, 6.45) is 3.42.